The summed E-state index contributed by atoms with van der Waals surface area (Å²) >= 11 is 12.2. The van der Waals surface area contributed by atoms with Crippen LogP contribution in [-0.2, 0) is 9.59 Å². The molecule has 0 unspecified atom stereocenters. The molecule has 1 aliphatic rings. The molecular weight excluding hydrogens is 375 g/mol. The number of benzene rings is 1. The molecule has 1 aromatic carbocycles. The standard InChI is InChI=1S/C19H12Cl2N2O3/c1-10-13(18(24)23(2)19(25)14(10)9-22)8-11-6-7-16(26-11)12-4-3-5-15(20)17(12)21/h3-8H,1-2H3/b13-8+. The normalized spacial score (nSPS) is 16.4. The smallest absolute Gasteiger partial charge is 0.271 e. The zero-order chi connectivity index (χ0) is 19.0. The van der Waals surface area contributed by atoms with Crippen LogP contribution in [-0.4, -0.2) is 23.8 Å². The van der Waals surface area contributed by atoms with Crippen molar-refractivity contribution in [3.8, 4) is 17.4 Å². The number of nitrogens with zero attached hydrogens (tertiary/aromatic N) is 2. The van der Waals surface area contributed by atoms with Crippen LogP contribution in [0.5, 0.6) is 0 Å². The number of furan rings is 1. The lowest BCUT2D eigenvalue weighted by Crippen LogP contribution is -2.39. The minimum Gasteiger partial charge on any atom is -0.457 e. The van der Waals surface area contributed by atoms with Crippen molar-refractivity contribution < 1.29 is 14.0 Å². The van der Waals surface area contributed by atoms with Crippen LogP contribution in [0.4, 0.5) is 0 Å². The van der Waals surface area contributed by atoms with E-state index in [1.165, 1.54) is 13.1 Å². The van der Waals surface area contributed by atoms with Crippen LogP contribution in [0.15, 0.2) is 51.5 Å². The van der Waals surface area contributed by atoms with Crippen LogP contribution in [0.25, 0.3) is 17.4 Å². The van der Waals surface area contributed by atoms with Crippen molar-refractivity contribution in [1.29, 1.82) is 5.26 Å². The molecule has 0 saturated heterocycles. The van der Waals surface area contributed by atoms with Gasteiger partial charge in [0.2, 0.25) is 0 Å². The number of hydrogen-bond donors (Lipinski definition) is 0. The Hall–Kier alpha value is -2.81. The Kier molecular flexibility index (Phi) is 4.73. The predicted octanol–water partition coefficient (Wildman–Crippen LogP) is 4.48. The van der Waals surface area contributed by atoms with Crippen molar-refractivity contribution in [3.05, 3.63) is 62.9 Å². The van der Waals surface area contributed by atoms with Gasteiger partial charge in [0.05, 0.1) is 10.0 Å². The molecule has 1 aliphatic heterocycles. The zero-order valence-electron chi connectivity index (χ0n) is 13.8. The van der Waals surface area contributed by atoms with Gasteiger partial charge in [-0.15, -0.1) is 0 Å². The van der Waals surface area contributed by atoms with Crippen molar-refractivity contribution in [2.75, 3.05) is 7.05 Å². The van der Waals surface area contributed by atoms with Crippen LogP contribution in [0, 0.1) is 11.3 Å². The molecule has 5 nitrogen and oxygen atoms in total. The van der Waals surface area contributed by atoms with Crippen LogP contribution >= 0.6 is 23.2 Å². The van der Waals surface area contributed by atoms with E-state index < -0.39 is 11.8 Å². The van der Waals surface area contributed by atoms with Gasteiger partial charge in [0, 0.05) is 18.2 Å². The number of amides is 2. The largest absolute Gasteiger partial charge is 0.457 e. The van der Waals surface area contributed by atoms with Crippen molar-refractivity contribution in [2.24, 2.45) is 0 Å². The van der Waals surface area contributed by atoms with Gasteiger partial charge in [-0.25, -0.2) is 0 Å². The SMILES string of the molecule is CC1=C(C#N)C(=O)N(C)C(=O)/C1=C/c1ccc(-c2cccc(Cl)c2Cl)o1. The maximum atomic E-state index is 12.4. The highest BCUT2D eigenvalue weighted by Crippen LogP contribution is 2.35. The van der Waals surface area contributed by atoms with Crippen molar-refractivity contribution in [3.63, 3.8) is 0 Å². The number of rotatable bonds is 2. The minimum absolute atomic E-state index is 0.0667. The molecule has 0 aliphatic carbocycles. The summed E-state index contributed by atoms with van der Waals surface area (Å²) in [7, 11) is 1.33. The summed E-state index contributed by atoms with van der Waals surface area (Å²) in [6.07, 6.45) is 1.50. The third kappa shape index (κ3) is 2.94. The Balaban J connectivity index is 2.06. The van der Waals surface area contributed by atoms with E-state index >= 15 is 0 Å². The van der Waals surface area contributed by atoms with Crippen molar-refractivity contribution in [1.82, 2.24) is 4.90 Å². The molecule has 2 heterocycles. The van der Waals surface area contributed by atoms with Gasteiger partial charge >= 0.3 is 0 Å². The van der Waals surface area contributed by atoms with E-state index in [1.54, 1.807) is 37.3 Å². The van der Waals surface area contributed by atoms with E-state index in [-0.39, 0.29) is 11.1 Å². The number of nitriles is 1. The molecule has 0 atom stereocenters. The van der Waals surface area contributed by atoms with E-state index in [2.05, 4.69) is 0 Å². The van der Waals surface area contributed by atoms with Gasteiger partial charge in [-0.1, -0.05) is 29.3 Å². The summed E-state index contributed by atoms with van der Waals surface area (Å²) in [5.74, 6) is -0.235. The lowest BCUT2D eigenvalue weighted by atomic mass is 9.95. The highest BCUT2D eigenvalue weighted by molar-refractivity contribution is 6.43. The molecule has 1 aromatic heterocycles. The molecule has 0 radical (unpaired) electrons. The Labute approximate surface area is 159 Å². The van der Waals surface area contributed by atoms with Crippen LogP contribution < -0.4 is 0 Å². The topological polar surface area (TPSA) is 74.3 Å². The Morgan fingerprint density at radius 2 is 1.88 bits per heavy atom. The summed E-state index contributed by atoms with van der Waals surface area (Å²) in [6.45, 7) is 1.56. The molecule has 0 N–H and O–H groups in total. The second-order valence-corrected chi connectivity index (χ2v) is 6.43. The summed E-state index contributed by atoms with van der Waals surface area (Å²) in [5, 5.41) is 9.95. The number of carbonyl (C=O) groups is 2. The third-order valence-corrected chi connectivity index (χ3v) is 4.89. The first kappa shape index (κ1) is 18.0. The summed E-state index contributed by atoms with van der Waals surface area (Å²) in [4.78, 5) is 25.3. The van der Waals surface area contributed by atoms with E-state index in [1.807, 2.05) is 6.07 Å². The van der Waals surface area contributed by atoms with E-state index in [0.29, 0.717) is 32.7 Å². The Morgan fingerprint density at radius 1 is 1.15 bits per heavy atom. The monoisotopic (exact) mass is 386 g/mol. The molecule has 130 valence electrons. The Morgan fingerprint density at radius 3 is 2.58 bits per heavy atom. The average molecular weight is 387 g/mol. The maximum Gasteiger partial charge on any atom is 0.271 e. The van der Waals surface area contributed by atoms with E-state index in [0.717, 1.165) is 4.90 Å². The Bertz CT molecular complexity index is 1040. The first-order valence-electron chi connectivity index (χ1n) is 7.54. The van der Waals surface area contributed by atoms with Gasteiger partial charge in [0.1, 0.15) is 23.2 Å². The van der Waals surface area contributed by atoms with Gasteiger partial charge in [-0.05, 0) is 42.8 Å². The molecule has 0 fully saturated rings. The fraction of sp³-hybridized carbons (Fsp3) is 0.105. The lowest BCUT2D eigenvalue weighted by Gasteiger charge is -2.23. The van der Waals surface area contributed by atoms with Crippen LogP contribution in [0.1, 0.15) is 12.7 Å². The van der Waals surface area contributed by atoms with Gasteiger partial charge in [-0.2, -0.15) is 5.26 Å². The van der Waals surface area contributed by atoms with Crippen molar-refractivity contribution in [2.45, 2.75) is 6.92 Å². The molecule has 0 spiro atoms. The van der Waals surface area contributed by atoms with Crippen molar-refractivity contribution >= 4 is 41.1 Å². The zero-order valence-corrected chi connectivity index (χ0v) is 15.4. The van der Waals surface area contributed by atoms with Gasteiger partial charge in [0.15, 0.2) is 0 Å². The first-order chi connectivity index (χ1) is 12.3. The molecule has 2 amide bonds. The first-order valence-corrected chi connectivity index (χ1v) is 8.30. The minimum atomic E-state index is -0.613. The van der Waals surface area contributed by atoms with E-state index in [9.17, 15) is 14.9 Å². The van der Waals surface area contributed by atoms with Gasteiger partial charge < -0.3 is 4.42 Å². The second kappa shape index (κ2) is 6.83. The quantitative estimate of drug-likeness (QED) is 0.563. The fourth-order valence-electron chi connectivity index (χ4n) is 2.61. The molecule has 2 aromatic rings. The van der Waals surface area contributed by atoms with Crippen LogP contribution in [0.3, 0.4) is 0 Å². The van der Waals surface area contributed by atoms with Crippen LogP contribution in [0.2, 0.25) is 10.0 Å². The molecular formula is C19H12Cl2N2O3. The van der Waals surface area contributed by atoms with Gasteiger partial charge in [0.25, 0.3) is 11.8 Å². The molecule has 7 heteroatoms. The summed E-state index contributed by atoms with van der Waals surface area (Å²) in [5.41, 5.74) is 1.10. The molecule has 3 rings (SSSR count). The fourth-order valence-corrected chi connectivity index (χ4v) is 3.00. The molecule has 0 saturated carbocycles. The third-order valence-electron chi connectivity index (χ3n) is 4.07. The highest BCUT2D eigenvalue weighted by atomic mass is 35.5. The molecule has 0 bridgehead atoms. The number of imide groups is 1. The average Bonchev–Trinajstić information content (AvgIpc) is 3.08. The van der Waals surface area contributed by atoms with E-state index in [4.69, 9.17) is 27.6 Å². The summed E-state index contributed by atoms with van der Waals surface area (Å²) < 4.78 is 5.76. The predicted molar refractivity (Wildman–Crippen MR) is 98.2 cm³/mol. The number of hydrogen-bond acceptors (Lipinski definition) is 4. The lowest BCUT2D eigenvalue weighted by molar-refractivity contribution is -0.138. The maximum absolute atomic E-state index is 12.4. The number of carbonyl (C=O) groups excluding carboxylic acids is 2. The highest BCUT2D eigenvalue weighted by Gasteiger charge is 2.33. The number of likely N-dealkylation sites (N-methyl/N-ethyl adjacent to an activating group) is 1. The molecule has 26 heavy (non-hydrogen) atoms. The second-order valence-electron chi connectivity index (χ2n) is 5.64. The van der Waals surface area contributed by atoms with Gasteiger partial charge in [-0.3, -0.25) is 14.5 Å². The summed E-state index contributed by atoms with van der Waals surface area (Å²) in [6, 6.07) is 10.4. The number of halogens is 2.